The Morgan fingerprint density at radius 1 is 0.949 bits per heavy atom. The molecular formula is C46H58N4O9. The largest absolute Gasteiger partial charge is 0.496 e. The maximum Gasteiger partial charge on any atom is 0.344 e. The number of nitrogens with one attached hydrogen (secondary N) is 1. The number of piperidine rings is 1. The van der Waals surface area contributed by atoms with Gasteiger partial charge in [0, 0.05) is 90.9 Å². The van der Waals surface area contributed by atoms with E-state index >= 15 is 4.79 Å². The molecule has 6 aliphatic rings. The van der Waals surface area contributed by atoms with Crippen LogP contribution in [0, 0.1) is 11.3 Å². The highest BCUT2D eigenvalue weighted by molar-refractivity contribution is 5.95. The molecule has 2 aromatic carbocycles. The third kappa shape index (κ3) is 5.20. The average Bonchev–Trinajstić information content (AvgIpc) is 3.90. The highest BCUT2D eigenvalue weighted by Gasteiger charge is 2.80. The van der Waals surface area contributed by atoms with Gasteiger partial charge in [-0.1, -0.05) is 44.2 Å². The second kappa shape index (κ2) is 13.8. The van der Waals surface area contributed by atoms with Crippen LogP contribution in [0.1, 0.15) is 75.3 Å². The van der Waals surface area contributed by atoms with Crippen LogP contribution in [0.3, 0.4) is 0 Å². The number of hydrogen-bond donors (Lipinski definition) is 3. The molecule has 6 heterocycles. The van der Waals surface area contributed by atoms with Crippen molar-refractivity contribution >= 4 is 34.5 Å². The summed E-state index contributed by atoms with van der Waals surface area (Å²) in [5.74, 6) is -1.56. The summed E-state index contributed by atoms with van der Waals surface area (Å²) in [6.07, 6.45) is 5.94. The smallest absolute Gasteiger partial charge is 0.344 e. The number of methoxy groups -OCH3 is 3. The normalized spacial score (nSPS) is 37.0. The van der Waals surface area contributed by atoms with E-state index in [9.17, 15) is 19.8 Å². The number of hydrogen-bond acceptors (Lipinski definition) is 12. The molecule has 5 unspecified atom stereocenters. The van der Waals surface area contributed by atoms with Crippen LogP contribution in [0.2, 0.25) is 0 Å². The highest BCUT2D eigenvalue weighted by atomic mass is 16.6. The van der Waals surface area contributed by atoms with Gasteiger partial charge in [-0.05, 0) is 74.2 Å². The van der Waals surface area contributed by atoms with Gasteiger partial charge in [-0.15, -0.1) is 0 Å². The standard InChI is InChI=1S/C46H58N4O9/c1-8-42(54)23-28-24-45(40(52)57-6,36-30(15-19-49(25-28)26-42)29-13-10-11-14-33(29)47-36)32-21-31-34(22-35(32)56-5)48(4)38-44(31)17-20-50-18-12-16-43(9-2,37(44)50)39(59-27(3)51)46(38,55)41(53)58-7/h10-14,16,21-22,28,37-39,47,54-55H,8-9,15,17-20,23-26H2,1-7H3/t28?,37?,38?,39-,42-,43+,44?,45-,46-/m0/s1. The van der Waals surface area contributed by atoms with Crippen LogP contribution in [0.15, 0.2) is 48.6 Å². The summed E-state index contributed by atoms with van der Waals surface area (Å²) in [5.41, 5.74) is -1.62. The zero-order valence-corrected chi connectivity index (χ0v) is 35.3. The Bertz CT molecular complexity index is 2260. The van der Waals surface area contributed by atoms with Crippen LogP contribution >= 0.6 is 0 Å². The van der Waals surface area contributed by atoms with Crippen molar-refractivity contribution in [1.29, 1.82) is 0 Å². The molecule has 3 aromatic rings. The Hall–Kier alpha value is -4.43. The summed E-state index contributed by atoms with van der Waals surface area (Å²) in [4.78, 5) is 53.2. The molecule has 1 aliphatic carbocycles. The number of nitrogens with zero attached hydrogens (tertiary/aromatic N) is 3. The molecule has 3 fully saturated rings. The van der Waals surface area contributed by atoms with Crippen LogP contribution in [0.5, 0.6) is 5.75 Å². The summed E-state index contributed by atoms with van der Waals surface area (Å²) in [5, 5.41) is 26.3. The molecule has 0 amide bonds. The van der Waals surface area contributed by atoms with E-state index < -0.39 is 57.5 Å². The molecule has 1 aromatic heterocycles. The first kappa shape index (κ1) is 40.0. The van der Waals surface area contributed by atoms with Crippen LogP contribution in [0.4, 0.5) is 5.69 Å². The van der Waals surface area contributed by atoms with Crippen molar-refractivity contribution in [2.75, 3.05) is 66.0 Å². The fraction of sp³-hybridized carbons (Fsp3) is 0.587. The molecule has 316 valence electrons. The van der Waals surface area contributed by atoms with Gasteiger partial charge in [-0.25, -0.2) is 4.79 Å². The minimum absolute atomic E-state index is 0.0986. The van der Waals surface area contributed by atoms with Crippen molar-refractivity contribution in [3.05, 3.63) is 70.9 Å². The average molecular weight is 811 g/mol. The van der Waals surface area contributed by atoms with Gasteiger partial charge in [0.1, 0.15) is 11.2 Å². The number of fused-ring (bicyclic) bond motifs is 6. The Balaban J connectivity index is 1.36. The van der Waals surface area contributed by atoms with Crippen LogP contribution in [-0.4, -0.2) is 133 Å². The van der Waals surface area contributed by atoms with Gasteiger partial charge in [0.15, 0.2) is 6.10 Å². The quantitative estimate of drug-likeness (QED) is 0.180. The van der Waals surface area contributed by atoms with Crippen LogP contribution in [-0.2, 0) is 45.8 Å². The van der Waals surface area contributed by atoms with Gasteiger partial charge in [-0.2, -0.15) is 0 Å². The molecule has 0 radical (unpaired) electrons. The number of aliphatic hydroxyl groups is 2. The zero-order chi connectivity index (χ0) is 41.9. The van der Waals surface area contributed by atoms with Crippen LogP contribution in [0.25, 0.3) is 10.9 Å². The first-order valence-electron chi connectivity index (χ1n) is 21.2. The molecule has 1 spiro atoms. The fourth-order valence-electron chi connectivity index (χ4n) is 13.5. The van der Waals surface area contributed by atoms with Gasteiger partial charge in [0.25, 0.3) is 0 Å². The summed E-state index contributed by atoms with van der Waals surface area (Å²) in [6, 6.07) is 11.0. The number of likely N-dealkylation sites (N-methyl/N-ethyl adjacent to an activating group) is 1. The maximum absolute atomic E-state index is 15.3. The van der Waals surface area contributed by atoms with E-state index in [0.717, 1.165) is 33.4 Å². The zero-order valence-electron chi connectivity index (χ0n) is 35.3. The van der Waals surface area contributed by atoms with Crippen molar-refractivity contribution in [3.63, 3.8) is 0 Å². The predicted molar refractivity (Wildman–Crippen MR) is 220 cm³/mol. The second-order valence-corrected chi connectivity index (χ2v) is 18.2. The lowest BCUT2D eigenvalue weighted by atomic mass is 9.47. The van der Waals surface area contributed by atoms with E-state index in [1.54, 1.807) is 7.11 Å². The monoisotopic (exact) mass is 810 g/mol. The van der Waals surface area contributed by atoms with E-state index in [-0.39, 0.29) is 12.0 Å². The summed E-state index contributed by atoms with van der Waals surface area (Å²) in [7, 11) is 6.15. The topological polar surface area (TPSA) is 154 Å². The van der Waals surface area contributed by atoms with E-state index in [0.29, 0.717) is 82.6 Å². The number of para-hydroxylation sites is 1. The first-order chi connectivity index (χ1) is 28.2. The Morgan fingerprint density at radius 2 is 1.71 bits per heavy atom. The minimum Gasteiger partial charge on any atom is -0.496 e. The number of anilines is 1. The Kier molecular flexibility index (Phi) is 9.36. The number of carbonyl (C=O) groups is 3. The van der Waals surface area contributed by atoms with Gasteiger partial charge >= 0.3 is 17.9 Å². The van der Waals surface area contributed by atoms with Crippen molar-refractivity contribution in [2.45, 2.75) is 99.5 Å². The van der Waals surface area contributed by atoms with E-state index in [2.05, 4.69) is 39.1 Å². The van der Waals surface area contributed by atoms with Crippen LogP contribution < -0.4 is 9.64 Å². The Morgan fingerprint density at radius 3 is 2.41 bits per heavy atom. The lowest BCUT2D eigenvalue weighted by molar-refractivity contribution is -0.228. The van der Waals surface area contributed by atoms with Gasteiger partial charge in [0.05, 0.1) is 33.0 Å². The second-order valence-electron chi connectivity index (χ2n) is 18.2. The van der Waals surface area contributed by atoms with Gasteiger partial charge in [-0.3, -0.25) is 19.4 Å². The van der Waals surface area contributed by atoms with Crippen molar-refractivity contribution in [2.24, 2.45) is 11.3 Å². The van der Waals surface area contributed by atoms with E-state index in [1.807, 2.05) is 50.1 Å². The molecule has 2 bridgehead atoms. The number of aromatic amines is 1. The molecule has 10 atom stereocenters. The molecule has 5 aliphatic heterocycles. The third-order valence-corrected chi connectivity index (χ3v) is 15.6. The number of ether oxygens (including phenoxy) is 4. The molecule has 9 rings (SSSR count). The number of aromatic nitrogens is 1. The molecule has 1 saturated carbocycles. The van der Waals surface area contributed by atoms with Crippen molar-refractivity contribution in [1.82, 2.24) is 14.8 Å². The van der Waals surface area contributed by atoms with E-state index in [4.69, 9.17) is 18.9 Å². The fourth-order valence-corrected chi connectivity index (χ4v) is 13.5. The predicted octanol–water partition coefficient (Wildman–Crippen LogP) is 3.99. The van der Waals surface area contributed by atoms with E-state index in [1.165, 1.54) is 21.1 Å². The number of rotatable bonds is 7. The summed E-state index contributed by atoms with van der Waals surface area (Å²) < 4.78 is 23.9. The minimum atomic E-state index is -2.30. The van der Waals surface area contributed by atoms with Crippen molar-refractivity contribution < 1.29 is 43.5 Å². The molecular weight excluding hydrogens is 753 g/mol. The highest BCUT2D eigenvalue weighted by Crippen LogP contribution is 2.68. The first-order valence-corrected chi connectivity index (χ1v) is 21.2. The lowest BCUT2D eigenvalue weighted by Gasteiger charge is -2.63. The van der Waals surface area contributed by atoms with Crippen molar-refractivity contribution in [3.8, 4) is 5.75 Å². The lowest BCUT2D eigenvalue weighted by Crippen LogP contribution is -2.81. The maximum atomic E-state index is 15.3. The number of benzene rings is 2. The summed E-state index contributed by atoms with van der Waals surface area (Å²) >= 11 is 0. The number of esters is 3. The molecule has 13 heteroatoms. The van der Waals surface area contributed by atoms with Gasteiger partial charge < -0.3 is 39.0 Å². The number of carbonyl (C=O) groups excluding carboxylic acids is 3. The molecule has 59 heavy (non-hydrogen) atoms. The molecule has 13 nitrogen and oxygen atoms in total. The third-order valence-electron chi connectivity index (χ3n) is 15.6. The summed E-state index contributed by atoms with van der Waals surface area (Å²) in [6.45, 7) is 8.62. The molecule has 3 N–H and O–H groups in total. The van der Waals surface area contributed by atoms with Gasteiger partial charge in [0.2, 0.25) is 5.60 Å². The SMILES string of the molecule is CC[C@]1(O)CC2CN(CCc3c([nH]c4ccccc34)[C@@](C(=O)OC)(c3cc4c(cc3OC)N(C)C3C45CCN4CC=C[C@](CC)(C45)[C@H](OC(C)=O)[C@]3(O)C(=O)OC)C2)C1. The Labute approximate surface area is 345 Å². The number of H-pyrrole nitrogens is 1. The molecule has 2 saturated heterocycles.